The number of hydrogen-bond acceptors (Lipinski definition) is 5. The lowest BCUT2D eigenvalue weighted by Crippen LogP contribution is -2.20. The maximum Gasteiger partial charge on any atom is 0.190 e. The van der Waals surface area contributed by atoms with E-state index in [2.05, 4.69) is 10.2 Å². The van der Waals surface area contributed by atoms with E-state index in [-0.39, 0.29) is 11.6 Å². The Labute approximate surface area is 120 Å². The fraction of sp³-hybridized carbons (Fsp3) is 0.286. The number of rotatable bonds is 3. The van der Waals surface area contributed by atoms with Crippen LogP contribution in [0.5, 0.6) is 0 Å². The maximum absolute atomic E-state index is 12.3. The summed E-state index contributed by atoms with van der Waals surface area (Å²) in [6.45, 7) is 0. The molecular weight excluding hydrogens is 274 g/mol. The van der Waals surface area contributed by atoms with E-state index in [1.54, 1.807) is 24.3 Å². The number of Topliss-reactive ketones (excluding diaryl/α,β-unsaturated/α-hetero) is 2. The minimum Gasteiger partial charge on any atom is -0.309 e. The smallest absolute Gasteiger partial charge is 0.190 e. The Balaban J connectivity index is 1.92. The van der Waals surface area contributed by atoms with Crippen LogP contribution in [0.2, 0.25) is 0 Å². The van der Waals surface area contributed by atoms with Crippen molar-refractivity contribution >= 4 is 23.3 Å². The van der Waals surface area contributed by atoms with Gasteiger partial charge < -0.3 is 4.57 Å². The third kappa shape index (κ3) is 1.87. The summed E-state index contributed by atoms with van der Waals surface area (Å²) in [7, 11) is 1.85. The van der Waals surface area contributed by atoms with Crippen molar-refractivity contribution in [2.75, 3.05) is 6.26 Å². The van der Waals surface area contributed by atoms with E-state index in [4.69, 9.17) is 0 Å². The molecule has 0 aliphatic heterocycles. The second kappa shape index (κ2) is 4.86. The van der Waals surface area contributed by atoms with Gasteiger partial charge >= 0.3 is 0 Å². The molecule has 3 rings (SSSR count). The molecule has 0 bridgehead atoms. The largest absolute Gasteiger partial charge is 0.309 e. The van der Waals surface area contributed by atoms with E-state index in [0.29, 0.717) is 23.4 Å². The number of hydrogen-bond donors (Lipinski definition) is 0. The SMILES string of the molecule is CSc1nnc(CC2C(=O)c3ccccc3C2=O)n1C. The van der Waals surface area contributed by atoms with Gasteiger partial charge in [-0.2, -0.15) is 0 Å². The second-order valence-corrected chi connectivity index (χ2v) is 5.47. The predicted octanol–water partition coefficient (Wildman–Crippen LogP) is 1.77. The molecule has 0 amide bonds. The van der Waals surface area contributed by atoms with E-state index in [1.165, 1.54) is 11.8 Å². The van der Waals surface area contributed by atoms with E-state index >= 15 is 0 Å². The molecule has 0 radical (unpaired) electrons. The Morgan fingerprint density at radius 3 is 2.25 bits per heavy atom. The summed E-state index contributed by atoms with van der Waals surface area (Å²) >= 11 is 1.48. The molecule has 1 aliphatic carbocycles. The highest BCUT2D eigenvalue weighted by molar-refractivity contribution is 7.98. The Bertz CT molecular complexity index is 673. The van der Waals surface area contributed by atoms with Crippen LogP contribution in [0.1, 0.15) is 26.5 Å². The molecule has 0 atom stereocenters. The summed E-state index contributed by atoms with van der Waals surface area (Å²) in [5.74, 6) is -0.225. The molecule has 20 heavy (non-hydrogen) atoms. The van der Waals surface area contributed by atoms with E-state index < -0.39 is 5.92 Å². The van der Waals surface area contributed by atoms with Gasteiger partial charge in [-0.3, -0.25) is 9.59 Å². The zero-order chi connectivity index (χ0) is 14.3. The highest BCUT2D eigenvalue weighted by atomic mass is 32.2. The molecule has 6 heteroatoms. The molecule has 1 aromatic heterocycles. The van der Waals surface area contributed by atoms with Crippen molar-refractivity contribution in [1.82, 2.24) is 14.8 Å². The number of aromatic nitrogens is 3. The Hall–Kier alpha value is -1.95. The standard InChI is InChI=1S/C14H13N3O2S/c1-17-11(15-16-14(17)20-2)7-10-12(18)8-5-3-4-6-9(8)13(10)19/h3-6,10H,7H2,1-2H3. The summed E-state index contributed by atoms with van der Waals surface area (Å²) in [4.78, 5) is 24.6. The van der Waals surface area contributed by atoms with Gasteiger partial charge in [0.2, 0.25) is 0 Å². The van der Waals surface area contributed by atoms with E-state index in [0.717, 1.165) is 5.16 Å². The molecule has 1 aromatic carbocycles. The number of nitrogens with zero attached hydrogens (tertiary/aromatic N) is 3. The van der Waals surface area contributed by atoms with Gasteiger partial charge in [-0.25, -0.2) is 0 Å². The number of thioether (sulfide) groups is 1. The van der Waals surface area contributed by atoms with Gasteiger partial charge in [-0.1, -0.05) is 36.0 Å². The number of carbonyl (C=O) groups is 2. The van der Waals surface area contributed by atoms with Crippen LogP contribution in [0.4, 0.5) is 0 Å². The Morgan fingerprint density at radius 2 is 1.75 bits per heavy atom. The van der Waals surface area contributed by atoms with Crippen LogP contribution in [-0.2, 0) is 13.5 Å². The third-order valence-corrected chi connectivity index (χ3v) is 4.31. The molecule has 1 heterocycles. The zero-order valence-corrected chi connectivity index (χ0v) is 12.0. The van der Waals surface area contributed by atoms with Crippen molar-refractivity contribution in [3.8, 4) is 0 Å². The lowest BCUT2D eigenvalue weighted by atomic mass is 9.99. The summed E-state index contributed by atoms with van der Waals surface area (Å²) in [6.07, 6.45) is 2.21. The van der Waals surface area contributed by atoms with Crippen LogP contribution in [-0.4, -0.2) is 32.6 Å². The summed E-state index contributed by atoms with van der Waals surface area (Å²) in [6, 6.07) is 6.97. The van der Waals surface area contributed by atoms with E-state index in [1.807, 2.05) is 17.9 Å². The number of carbonyl (C=O) groups excluding carboxylic acids is 2. The van der Waals surface area contributed by atoms with Gasteiger partial charge in [-0.15, -0.1) is 10.2 Å². The monoisotopic (exact) mass is 287 g/mol. The zero-order valence-electron chi connectivity index (χ0n) is 11.2. The lowest BCUT2D eigenvalue weighted by Gasteiger charge is -2.06. The first-order valence-electron chi connectivity index (χ1n) is 6.23. The molecular formula is C14H13N3O2S. The quantitative estimate of drug-likeness (QED) is 0.636. The number of benzene rings is 1. The molecule has 0 unspecified atom stereocenters. The number of ketones is 2. The van der Waals surface area contributed by atoms with Crippen LogP contribution in [0.15, 0.2) is 29.4 Å². The summed E-state index contributed by atoms with van der Waals surface area (Å²) in [5.41, 5.74) is 1.05. The molecule has 0 spiro atoms. The van der Waals surface area contributed by atoms with Crippen molar-refractivity contribution in [3.63, 3.8) is 0 Å². The third-order valence-electron chi connectivity index (χ3n) is 3.59. The first-order chi connectivity index (χ1) is 9.63. The molecule has 0 saturated heterocycles. The first-order valence-corrected chi connectivity index (χ1v) is 7.45. The normalized spacial score (nSPS) is 14.9. The molecule has 0 fully saturated rings. The molecule has 102 valence electrons. The van der Waals surface area contributed by atoms with Gasteiger partial charge in [0.1, 0.15) is 5.82 Å². The number of fused-ring (bicyclic) bond motifs is 1. The Kier molecular flexibility index (Phi) is 3.17. The van der Waals surface area contributed by atoms with Crippen LogP contribution in [0.3, 0.4) is 0 Å². The molecule has 1 aliphatic rings. The van der Waals surface area contributed by atoms with Gasteiger partial charge in [0.05, 0.1) is 5.92 Å². The fourth-order valence-electron chi connectivity index (χ4n) is 2.48. The van der Waals surface area contributed by atoms with Crippen LogP contribution in [0.25, 0.3) is 0 Å². The first kappa shape index (κ1) is 13.1. The van der Waals surface area contributed by atoms with Gasteiger partial charge in [0.15, 0.2) is 16.7 Å². The van der Waals surface area contributed by atoms with Crippen LogP contribution >= 0.6 is 11.8 Å². The van der Waals surface area contributed by atoms with Crippen molar-refractivity contribution in [2.24, 2.45) is 13.0 Å². The Morgan fingerprint density at radius 1 is 1.15 bits per heavy atom. The topological polar surface area (TPSA) is 64.8 Å². The van der Waals surface area contributed by atoms with Gasteiger partial charge in [-0.05, 0) is 6.26 Å². The molecule has 5 nitrogen and oxygen atoms in total. The minimum atomic E-state index is -0.662. The van der Waals surface area contributed by atoms with Gasteiger partial charge in [0.25, 0.3) is 0 Å². The second-order valence-electron chi connectivity index (χ2n) is 4.69. The van der Waals surface area contributed by atoms with Crippen molar-refractivity contribution in [2.45, 2.75) is 11.6 Å². The van der Waals surface area contributed by atoms with E-state index in [9.17, 15) is 9.59 Å². The highest BCUT2D eigenvalue weighted by Crippen LogP contribution is 2.29. The maximum atomic E-state index is 12.3. The van der Waals surface area contributed by atoms with Crippen molar-refractivity contribution in [3.05, 3.63) is 41.2 Å². The highest BCUT2D eigenvalue weighted by Gasteiger charge is 2.39. The van der Waals surface area contributed by atoms with Gasteiger partial charge in [0, 0.05) is 24.6 Å². The summed E-state index contributed by atoms with van der Waals surface area (Å²) in [5, 5.41) is 8.87. The lowest BCUT2D eigenvalue weighted by molar-refractivity contribution is 0.0836. The molecule has 0 N–H and O–H groups in total. The van der Waals surface area contributed by atoms with Crippen molar-refractivity contribution < 1.29 is 9.59 Å². The fourth-order valence-corrected chi connectivity index (χ4v) is 2.98. The summed E-state index contributed by atoms with van der Waals surface area (Å²) < 4.78 is 1.83. The predicted molar refractivity (Wildman–Crippen MR) is 75.1 cm³/mol. The average molecular weight is 287 g/mol. The minimum absolute atomic E-state index is 0.112. The molecule has 2 aromatic rings. The van der Waals surface area contributed by atoms with Crippen molar-refractivity contribution in [1.29, 1.82) is 0 Å². The van der Waals surface area contributed by atoms with Crippen LogP contribution in [0, 0.1) is 5.92 Å². The average Bonchev–Trinajstić information content (AvgIpc) is 2.94. The van der Waals surface area contributed by atoms with Crippen LogP contribution < -0.4 is 0 Å². The molecule has 0 saturated carbocycles.